The lowest BCUT2D eigenvalue weighted by molar-refractivity contribution is 0.0947. The number of para-hydroxylation sites is 1. The summed E-state index contributed by atoms with van der Waals surface area (Å²) in [6, 6.07) is 11.7. The van der Waals surface area contributed by atoms with Crippen molar-refractivity contribution in [3.8, 4) is 11.5 Å². The number of carbonyl (C=O) groups is 1. The van der Waals surface area contributed by atoms with E-state index in [2.05, 4.69) is 5.32 Å². The Hall–Kier alpha value is -2.69. The fraction of sp³-hybridized carbons (Fsp3) is 0.133. The largest absolute Gasteiger partial charge is 0.508 e. The monoisotopic (exact) mass is 272 g/mol. The van der Waals surface area contributed by atoms with Crippen LogP contribution in [0.4, 0.5) is 5.69 Å². The number of nitrogen functional groups attached to an aromatic ring is 1. The van der Waals surface area contributed by atoms with Gasteiger partial charge in [0.1, 0.15) is 11.5 Å². The lowest BCUT2D eigenvalue weighted by Gasteiger charge is -2.10. The number of anilines is 1. The molecule has 104 valence electrons. The number of ether oxygens (including phenoxy) is 1. The molecule has 0 saturated heterocycles. The number of aromatic hydroxyl groups is 1. The van der Waals surface area contributed by atoms with Gasteiger partial charge in [-0.15, -0.1) is 0 Å². The maximum atomic E-state index is 12.1. The fourth-order valence-electron chi connectivity index (χ4n) is 1.85. The van der Waals surface area contributed by atoms with E-state index in [1.165, 1.54) is 13.2 Å². The van der Waals surface area contributed by atoms with Gasteiger partial charge in [0.05, 0.1) is 12.7 Å². The molecule has 0 fully saturated rings. The van der Waals surface area contributed by atoms with Gasteiger partial charge in [-0.2, -0.15) is 0 Å². The topological polar surface area (TPSA) is 84.6 Å². The summed E-state index contributed by atoms with van der Waals surface area (Å²) in [6.45, 7) is 0.188. The molecule has 2 aromatic carbocycles. The van der Waals surface area contributed by atoms with E-state index in [1.54, 1.807) is 36.4 Å². The van der Waals surface area contributed by atoms with Gasteiger partial charge in [0.25, 0.3) is 5.91 Å². The van der Waals surface area contributed by atoms with Crippen molar-refractivity contribution in [2.24, 2.45) is 0 Å². The summed E-state index contributed by atoms with van der Waals surface area (Å²) in [4.78, 5) is 12.1. The molecule has 0 radical (unpaired) electrons. The number of hydrogen-bond donors (Lipinski definition) is 3. The minimum atomic E-state index is -0.274. The Bertz CT molecular complexity index is 626. The molecule has 0 saturated carbocycles. The number of hydrogen-bond acceptors (Lipinski definition) is 4. The average Bonchev–Trinajstić information content (AvgIpc) is 2.47. The second-order valence-electron chi connectivity index (χ2n) is 4.27. The number of carbonyl (C=O) groups excluding carboxylic acids is 1. The molecule has 4 N–H and O–H groups in total. The normalized spacial score (nSPS) is 10.1. The van der Waals surface area contributed by atoms with E-state index in [1.807, 2.05) is 0 Å². The van der Waals surface area contributed by atoms with Crippen LogP contribution in [-0.4, -0.2) is 18.1 Å². The minimum Gasteiger partial charge on any atom is -0.508 e. The summed E-state index contributed by atoms with van der Waals surface area (Å²) in [5.74, 6) is 0.325. The van der Waals surface area contributed by atoms with Crippen molar-refractivity contribution in [1.82, 2.24) is 5.32 Å². The third-order valence-corrected chi connectivity index (χ3v) is 2.89. The van der Waals surface area contributed by atoms with Crippen molar-refractivity contribution >= 4 is 11.6 Å². The average molecular weight is 272 g/mol. The quantitative estimate of drug-likeness (QED) is 0.586. The highest BCUT2D eigenvalue weighted by Gasteiger charge is 2.11. The summed E-state index contributed by atoms with van der Waals surface area (Å²) in [5, 5.41) is 12.4. The lowest BCUT2D eigenvalue weighted by Crippen LogP contribution is -2.23. The van der Waals surface area contributed by atoms with Gasteiger partial charge in [-0.05, 0) is 30.3 Å². The van der Waals surface area contributed by atoms with Crippen molar-refractivity contribution < 1.29 is 14.6 Å². The first-order valence-corrected chi connectivity index (χ1v) is 6.10. The van der Waals surface area contributed by atoms with E-state index >= 15 is 0 Å². The van der Waals surface area contributed by atoms with Crippen LogP contribution in [0.25, 0.3) is 0 Å². The van der Waals surface area contributed by atoms with Gasteiger partial charge in [-0.3, -0.25) is 4.79 Å². The third kappa shape index (κ3) is 3.00. The van der Waals surface area contributed by atoms with Crippen LogP contribution in [0, 0.1) is 0 Å². The van der Waals surface area contributed by atoms with Crippen molar-refractivity contribution in [3.05, 3.63) is 53.6 Å². The number of phenols is 1. The molecule has 0 atom stereocenters. The molecule has 5 nitrogen and oxygen atoms in total. The van der Waals surface area contributed by atoms with Crippen molar-refractivity contribution in [2.45, 2.75) is 6.54 Å². The van der Waals surface area contributed by atoms with Crippen LogP contribution in [0.5, 0.6) is 11.5 Å². The number of methoxy groups -OCH3 is 1. The molecule has 2 rings (SSSR count). The zero-order valence-corrected chi connectivity index (χ0v) is 11.1. The number of nitrogens with one attached hydrogen (secondary N) is 1. The molecule has 0 heterocycles. The Balaban J connectivity index is 2.11. The molecule has 0 aliphatic carbocycles. The van der Waals surface area contributed by atoms with Gasteiger partial charge in [0.2, 0.25) is 0 Å². The van der Waals surface area contributed by atoms with E-state index in [-0.39, 0.29) is 18.2 Å². The highest BCUT2D eigenvalue weighted by Crippen LogP contribution is 2.20. The third-order valence-electron chi connectivity index (χ3n) is 2.89. The molecule has 0 aliphatic rings. The van der Waals surface area contributed by atoms with Crippen LogP contribution in [0.15, 0.2) is 42.5 Å². The smallest absolute Gasteiger partial charge is 0.255 e. The standard InChI is InChI=1S/C15H16N2O3/c1-20-14-5-3-2-4-12(14)15(19)17-9-10-8-11(16)6-7-13(10)18/h2-8,18H,9,16H2,1H3,(H,17,19). The van der Waals surface area contributed by atoms with Crippen LogP contribution >= 0.6 is 0 Å². The number of nitrogens with two attached hydrogens (primary N) is 1. The Kier molecular flexibility index (Phi) is 4.10. The van der Waals surface area contributed by atoms with Gasteiger partial charge in [-0.25, -0.2) is 0 Å². The van der Waals surface area contributed by atoms with Crippen LogP contribution in [0.2, 0.25) is 0 Å². The SMILES string of the molecule is COc1ccccc1C(=O)NCc1cc(N)ccc1O. The van der Waals surface area contributed by atoms with Crippen LogP contribution in [0.3, 0.4) is 0 Å². The van der Waals surface area contributed by atoms with E-state index in [4.69, 9.17) is 10.5 Å². The Morgan fingerprint density at radius 2 is 2.05 bits per heavy atom. The first-order valence-electron chi connectivity index (χ1n) is 6.10. The van der Waals surface area contributed by atoms with Gasteiger partial charge < -0.3 is 20.9 Å². The van der Waals surface area contributed by atoms with Crippen molar-refractivity contribution in [2.75, 3.05) is 12.8 Å². The summed E-state index contributed by atoms with van der Waals surface area (Å²) in [7, 11) is 1.51. The van der Waals surface area contributed by atoms with Gasteiger partial charge in [0.15, 0.2) is 0 Å². The molecule has 0 bridgehead atoms. The summed E-state index contributed by atoms with van der Waals surface area (Å²) >= 11 is 0. The van der Waals surface area contributed by atoms with Gasteiger partial charge in [0, 0.05) is 17.8 Å². The molecule has 0 spiro atoms. The lowest BCUT2D eigenvalue weighted by atomic mass is 10.1. The first kappa shape index (κ1) is 13.7. The summed E-state index contributed by atoms with van der Waals surface area (Å²) in [6.07, 6.45) is 0. The van der Waals surface area contributed by atoms with Crippen LogP contribution in [-0.2, 0) is 6.54 Å². The Morgan fingerprint density at radius 3 is 2.80 bits per heavy atom. The molecule has 5 heteroatoms. The Labute approximate surface area is 117 Å². The predicted octanol–water partition coefficient (Wildman–Crippen LogP) is 1.91. The number of amides is 1. The highest BCUT2D eigenvalue weighted by molar-refractivity contribution is 5.96. The van der Waals surface area contributed by atoms with Crippen molar-refractivity contribution in [1.29, 1.82) is 0 Å². The van der Waals surface area contributed by atoms with Crippen molar-refractivity contribution in [3.63, 3.8) is 0 Å². The summed E-state index contributed by atoms with van der Waals surface area (Å²) in [5.41, 5.74) is 7.18. The number of benzene rings is 2. The number of phenolic OH excluding ortho intramolecular Hbond substituents is 1. The molecule has 20 heavy (non-hydrogen) atoms. The minimum absolute atomic E-state index is 0.0968. The maximum Gasteiger partial charge on any atom is 0.255 e. The molecular formula is C15H16N2O3. The van der Waals surface area contributed by atoms with E-state index in [0.717, 1.165) is 0 Å². The molecule has 0 unspecified atom stereocenters. The first-order chi connectivity index (χ1) is 9.61. The summed E-state index contributed by atoms with van der Waals surface area (Å²) < 4.78 is 5.13. The zero-order valence-electron chi connectivity index (χ0n) is 11.1. The van der Waals surface area contributed by atoms with Crippen LogP contribution < -0.4 is 15.8 Å². The predicted molar refractivity (Wildman–Crippen MR) is 76.7 cm³/mol. The second-order valence-corrected chi connectivity index (χ2v) is 4.27. The van der Waals surface area contributed by atoms with E-state index < -0.39 is 0 Å². The molecule has 0 aliphatic heterocycles. The molecule has 2 aromatic rings. The zero-order chi connectivity index (χ0) is 14.5. The van der Waals surface area contributed by atoms with E-state index in [0.29, 0.717) is 22.6 Å². The van der Waals surface area contributed by atoms with Gasteiger partial charge >= 0.3 is 0 Å². The maximum absolute atomic E-state index is 12.1. The van der Waals surface area contributed by atoms with E-state index in [9.17, 15) is 9.90 Å². The second kappa shape index (κ2) is 5.97. The molecule has 1 amide bonds. The van der Waals surface area contributed by atoms with Crippen LogP contribution in [0.1, 0.15) is 15.9 Å². The van der Waals surface area contributed by atoms with Gasteiger partial charge in [-0.1, -0.05) is 12.1 Å². The Morgan fingerprint density at radius 1 is 1.30 bits per heavy atom. The molecule has 0 aromatic heterocycles. The molecular weight excluding hydrogens is 256 g/mol. The fourth-order valence-corrected chi connectivity index (χ4v) is 1.85. The highest BCUT2D eigenvalue weighted by atomic mass is 16.5. The number of rotatable bonds is 4.